The van der Waals surface area contributed by atoms with Crippen LogP contribution in [0.1, 0.15) is 32.1 Å². The number of rotatable bonds is 4. The number of fused-ring (bicyclic) bond motifs is 2. The minimum atomic E-state index is -0.583. The molecule has 0 saturated heterocycles. The number of hydrogen-bond acceptors (Lipinski definition) is 4. The molecule has 2 fully saturated rings. The van der Waals surface area contributed by atoms with Gasteiger partial charge in [-0.15, -0.1) is 0 Å². The Morgan fingerprint density at radius 3 is 2.76 bits per heavy atom. The van der Waals surface area contributed by atoms with E-state index in [9.17, 15) is 20.0 Å². The van der Waals surface area contributed by atoms with Gasteiger partial charge in [-0.25, -0.2) is 0 Å². The molecule has 2 aliphatic rings. The molecule has 2 saturated carbocycles. The van der Waals surface area contributed by atoms with E-state index in [-0.39, 0.29) is 23.0 Å². The number of non-ortho nitro benzene ring substituents is 1. The minimum Gasteiger partial charge on any atom is -0.506 e. The van der Waals surface area contributed by atoms with Gasteiger partial charge in [0.05, 0.1) is 16.7 Å². The van der Waals surface area contributed by atoms with Gasteiger partial charge >= 0.3 is 0 Å². The zero-order chi connectivity index (χ0) is 15.0. The van der Waals surface area contributed by atoms with Crippen LogP contribution in [0.5, 0.6) is 5.75 Å². The summed E-state index contributed by atoms with van der Waals surface area (Å²) >= 11 is 0. The van der Waals surface area contributed by atoms with E-state index in [4.69, 9.17) is 0 Å². The molecular weight excluding hydrogens is 272 g/mol. The molecule has 2 N–H and O–H groups in total. The van der Waals surface area contributed by atoms with E-state index < -0.39 is 4.92 Å². The zero-order valence-electron chi connectivity index (χ0n) is 11.6. The van der Waals surface area contributed by atoms with Crippen molar-refractivity contribution >= 4 is 17.3 Å². The number of carbonyl (C=O) groups is 1. The first-order valence-electron chi connectivity index (χ1n) is 7.30. The lowest BCUT2D eigenvalue weighted by atomic mass is 9.86. The molecule has 3 atom stereocenters. The highest BCUT2D eigenvalue weighted by Crippen LogP contribution is 2.49. The van der Waals surface area contributed by atoms with Crippen molar-refractivity contribution in [2.75, 3.05) is 5.32 Å². The van der Waals surface area contributed by atoms with Crippen molar-refractivity contribution in [1.82, 2.24) is 0 Å². The third-order valence-corrected chi connectivity index (χ3v) is 4.80. The van der Waals surface area contributed by atoms with E-state index in [1.54, 1.807) is 0 Å². The second kappa shape index (κ2) is 5.35. The van der Waals surface area contributed by atoms with Crippen LogP contribution in [0, 0.1) is 27.9 Å². The van der Waals surface area contributed by atoms with Gasteiger partial charge in [0.25, 0.3) is 5.69 Å². The summed E-state index contributed by atoms with van der Waals surface area (Å²) in [6.07, 6.45) is 5.37. The van der Waals surface area contributed by atoms with Crippen molar-refractivity contribution in [3.05, 3.63) is 28.3 Å². The number of phenols is 1. The maximum atomic E-state index is 12.1. The summed E-state index contributed by atoms with van der Waals surface area (Å²) in [5.74, 6) is 1.51. The van der Waals surface area contributed by atoms with Gasteiger partial charge in [-0.2, -0.15) is 0 Å². The van der Waals surface area contributed by atoms with Crippen LogP contribution < -0.4 is 5.32 Å². The zero-order valence-corrected chi connectivity index (χ0v) is 11.6. The van der Waals surface area contributed by atoms with Gasteiger partial charge in [-0.1, -0.05) is 6.42 Å². The maximum absolute atomic E-state index is 12.1. The largest absolute Gasteiger partial charge is 0.506 e. The van der Waals surface area contributed by atoms with Crippen LogP contribution in [0.25, 0.3) is 0 Å². The van der Waals surface area contributed by atoms with Crippen LogP contribution in [-0.2, 0) is 4.79 Å². The Morgan fingerprint density at radius 1 is 1.38 bits per heavy atom. The van der Waals surface area contributed by atoms with E-state index in [0.29, 0.717) is 18.3 Å². The predicted octanol–water partition coefficient (Wildman–Crippen LogP) is 3.07. The second-order valence-electron chi connectivity index (χ2n) is 6.15. The van der Waals surface area contributed by atoms with E-state index in [2.05, 4.69) is 5.32 Å². The first kappa shape index (κ1) is 13.9. The third kappa shape index (κ3) is 2.84. The number of amides is 1. The number of hydrogen-bond donors (Lipinski definition) is 2. The van der Waals surface area contributed by atoms with Crippen LogP contribution in [-0.4, -0.2) is 15.9 Å². The van der Waals surface area contributed by atoms with Gasteiger partial charge in [0.1, 0.15) is 5.75 Å². The summed E-state index contributed by atoms with van der Waals surface area (Å²) in [5.41, 5.74) is 0.0346. The van der Waals surface area contributed by atoms with E-state index in [1.165, 1.54) is 31.4 Å². The fourth-order valence-corrected chi connectivity index (χ4v) is 3.81. The van der Waals surface area contributed by atoms with Gasteiger partial charge in [-0.05, 0) is 43.1 Å². The lowest BCUT2D eigenvalue weighted by molar-refractivity contribution is -0.384. The van der Waals surface area contributed by atoms with Gasteiger partial charge in [0, 0.05) is 12.5 Å². The summed E-state index contributed by atoms with van der Waals surface area (Å²) in [5, 5.41) is 23.0. The molecule has 2 aliphatic carbocycles. The molecule has 0 radical (unpaired) electrons. The molecule has 112 valence electrons. The molecule has 2 bridgehead atoms. The van der Waals surface area contributed by atoms with Crippen LogP contribution in [0.2, 0.25) is 0 Å². The monoisotopic (exact) mass is 290 g/mol. The standard InChI is InChI=1S/C15H18N2O4/c18-14-8-12(17(20)21)3-4-13(14)16-15(19)7-11-6-9-1-2-10(11)5-9/h3-4,8-11,18H,1-2,5-7H2,(H,16,19). The summed E-state index contributed by atoms with van der Waals surface area (Å²) in [6, 6.07) is 3.69. The van der Waals surface area contributed by atoms with Crippen LogP contribution >= 0.6 is 0 Å². The lowest BCUT2D eigenvalue weighted by Crippen LogP contribution is -2.20. The normalized spacial score (nSPS) is 26.8. The van der Waals surface area contributed by atoms with E-state index in [1.807, 2.05) is 0 Å². The van der Waals surface area contributed by atoms with Crippen molar-refractivity contribution < 1.29 is 14.8 Å². The fraction of sp³-hybridized carbons (Fsp3) is 0.533. The molecule has 1 aromatic carbocycles. The van der Waals surface area contributed by atoms with Crippen molar-refractivity contribution in [1.29, 1.82) is 0 Å². The quantitative estimate of drug-likeness (QED) is 0.506. The molecule has 6 nitrogen and oxygen atoms in total. The SMILES string of the molecule is O=C(CC1CC2CCC1C2)Nc1ccc([N+](=O)[O-])cc1O. The number of nitrogens with one attached hydrogen (secondary N) is 1. The molecule has 3 rings (SSSR count). The van der Waals surface area contributed by atoms with Crippen LogP contribution in [0.15, 0.2) is 18.2 Å². The smallest absolute Gasteiger partial charge is 0.273 e. The Hall–Kier alpha value is -2.11. The fourth-order valence-electron chi connectivity index (χ4n) is 3.81. The Kier molecular flexibility index (Phi) is 3.53. The number of aromatic hydroxyl groups is 1. The Labute approximate surface area is 122 Å². The number of nitro groups is 1. The van der Waals surface area contributed by atoms with Gasteiger partial charge < -0.3 is 10.4 Å². The molecule has 6 heteroatoms. The third-order valence-electron chi connectivity index (χ3n) is 4.80. The average molecular weight is 290 g/mol. The minimum absolute atomic E-state index is 0.128. The first-order valence-corrected chi connectivity index (χ1v) is 7.30. The predicted molar refractivity (Wildman–Crippen MR) is 76.9 cm³/mol. The molecular formula is C15H18N2O4. The lowest BCUT2D eigenvalue weighted by Gasteiger charge is -2.21. The molecule has 1 amide bonds. The van der Waals surface area contributed by atoms with Crippen molar-refractivity contribution in [2.24, 2.45) is 17.8 Å². The Balaban J connectivity index is 1.61. The Morgan fingerprint density at radius 2 is 2.19 bits per heavy atom. The number of nitrogens with zero attached hydrogens (tertiary/aromatic N) is 1. The highest BCUT2D eigenvalue weighted by atomic mass is 16.6. The average Bonchev–Trinajstić information content (AvgIpc) is 3.03. The molecule has 0 heterocycles. The number of carbonyl (C=O) groups excluding carboxylic acids is 1. The molecule has 3 unspecified atom stereocenters. The molecule has 0 spiro atoms. The van der Waals surface area contributed by atoms with Gasteiger partial charge in [-0.3, -0.25) is 14.9 Å². The molecule has 0 aliphatic heterocycles. The van der Waals surface area contributed by atoms with Crippen LogP contribution in [0.4, 0.5) is 11.4 Å². The number of phenolic OH excluding ortho intramolecular Hbond substituents is 1. The summed E-state index contributed by atoms with van der Waals surface area (Å²) in [4.78, 5) is 22.1. The molecule has 0 aromatic heterocycles. The van der Waals surface area contributed by atoms with Crippen molar-refractivity contribution in [3.8, 4) is 5.75 Å². The summed E-state index contributed by atoms with van der Waals surface area (Å²) in [6.45, 7) is 0. The van der Waals surface area contributed by atoms with Gasteiger partial charge in [0.15, 0.2) is 0 Å². The first-order chi connectivity index (χ1) is 10.0. The number of nitro benzene ring substituents is 1. The van der Waals surface area contributed by atoms with Crippen LogP contribution in [0.3, 0.4) is 0 Å². The summed E-state index contributed by atoms with van der Waals surface area (Å²) < 4.78 is 0. The van der Waals surface area contributed by atoms with Gasteiger partial charge in [0.2, 0.25) is 5.91 Å². The molecule has 21 heavy (non-hydrogen) atoms. The summed E-state index contributed by atoms with van der Waals surface area (Å²) in [7, 11) is 0. The maximum Gasteiger partial charge on any atom is 0.273 e. The highest BCUT2D eigenvalue weighted by molar-refractivity contribution is 5.92. The van der Waals surface area contributed by atoms with Crippen molar-refractivity contribution in [3.63, 3.8) is 0 Å². The van der Waals surface area contributed by atoms with E-state index in [0.717, 1.165) is 18.4 Å². The topological polar surface area (TPSA) is 92.5 Å². The van der Waals surface area contributed by atoms with Crippen molar-refractivity contribution in [2.45, 2.75) is 32.1 Å². The number of benzene rings is 1. The Bertz CT molecular complexity index is 587. The molecule has 1 aromatic rings. The number of anilines is 1. The second-order valence-corrected chi connectivity index (χ2v) is 6.15. The highest BCUT2D eigenvalue weighted by Gasteiger charge is 2.40. The van der Waals surface area contributed by atoms with E-state index >= 15 is 0 Å².